The van der Waals surface area contributed by atoms with Crippen LogP contribution >= 0.6 is 0 Å². The van der Waals surface area contributed by atoms with Crippen molar-refractivity contribution >= 4 is 5.78 Å². The zero-order valence-corrected chi connectivity index (χ0v) is 10.2. The molecule has 1 rings (SSSR count). The highest BCUT2D eigenvalue weighted by Crippen LogP contribution is 2.40. The first-order chi connectivity index (χ1) is 7.11. The molecule has 15 heavy (non-hydrogen) atoms. The molecule has 1 aliphatic rings. The summed E-state index contributed by atoms with van der Waals surface area (Å²) in [5.41, 5.74) is 0. The van der Waals surface area contributed by atoms with Gasteiger partial charge in [0.15, 0.2) is 6.29 Å². The molecular weight excluding hydrogens is 192 g/mol. The summed E-state index contributed by atoms with van der Waals surface area (Å²) in [4.78, 5) is 11.9. The first-order valence-electron chi connectivity index (χ1n) is 5.88. The standard InChI is InChI=1S/C12H22O3/c1-5-14-12(15-6-2)9(4)11(13)10-7-8(10)3/h8-10,12H,5-7H2,1-4H3. The summed E-state index contributed by atoms with van der Waals surface area (Å²) in [6.45, 7) is 9.03. The number of carbonyl (C=O) groups is 1. The Balaban J connectivity index is 2.46. The van der Waals surface area contributed by atoms with Gasteiger partial charge in [-0.3, -0.25) is 4.79 Å². The van der Waals surface area contributed by atoms with Gasteiger partial charge < -0.3 is 9.47 Å². The third kappa shape index (κ3) is 3.28. The van der Waals surface area contributed by atoms with E-state index in [2.05, 4.69) is 6.92 Å². The molecule has 3 unspecified atom stereocenters. The third-order valence-corrected chi connectivity index (χ3v) is 2.99. The van der Waals surface area contributed by atoms with Gasteiger partial charge in [-0.1, -0.05) is 13.8 Å². The molecule has 0 heterocycles. The summed E-state index contributed by atoms with van der Waals surface area (Å²) in [5.74, 6) is 0.974. The molecule has 3 nitrogen and oxygen atoms in total. The molecule has 0 spiro atoms. The topological polar surface area (TPSA) is 35.5 Å². The summed E-state index contributed by atoms with van der Waals surface area (Å²) in [5, 5.41) is 0. The quantitative estimate of drug-likeness (QED) is 0.610. The van der Waals surface area contributed by atoms with Gasteiger partial charge in [-0.15, -0.1) is 0 Å². The van der Waals surface area contributed by atoms with Crippen LogP contribution in [0.1, 0.15) is 34.1 Å². The van der Waals surface area contributed by atoms with Crippen molar-refractivity contribution < 1.29 is 14.3 Å². The second-order valence-corrected chi connectivity index (χ2v) is 4.29. The van der Waals surface area contributed by atoms with E-state index in [0.717, 1.165) is 6.42 Å². The fraction of sp³-hybridized carbons (Fsp3) is 0.917. The number of rotatable bonds is 7. The number of Topliss-reactive ketones (excluding diaryl/α,β-unsaturated/α-hetero) is 1. The zero-order valence-electron chi connectivity index (χ0n) is 10.2. The molecular formula is C12H22O3. The number of ketones is 1. The maximum Gasteiger partial charge on any atom is 0.166 e. The molecule has 0 bridgehead atoms. The largest absolute Gasteiger partial charge is 0.352 e. The van der Waals surface area contributed by atoms with Crippen LogP contribution in [0.3, 0.4) is 0 Å². The highest BCUT2D eigenvalue weighted by molar-refractivity contribution is 5.86. The summed E-state index contributed by atoms with van der Waals surface area (Å²) in [7, 11) is 0. The number of ether oxygens (including phenoxy) is 2. The molecule has 3 atom stereocenters. The molecule has 0 aromatic heterocycles. The van der Waals surface area contributed by atoms with Gasteiger partial charge in [-0.2, -0.15) is 0 Å². The van der Waals surface area contributed by atoms with Gasteiger partial charge in [-0.25, -0.2) is 0 Å². The van der Waals surface area contributed by atoms with E-state index in [1.54, 1.807) is 0 Å². The molecule has 3 heteroatoms. The normalized spacial score (nSPS) is 26.7. The van der Waals surface area contributed by atoms with Gasteiger partial charge in [0, 0.05) is 19.1 Å². The van der Waals surface area contributed by atoms with Crippen molar-refractivity contribution in [3.63, 3.8) is 0 Å². The summed E-state index contributed by atoms with van der Waals surface area (Å²) >= 11 is 0. The Labute approximate surface area is 92.1 Å². The fourth-order valence-electron chi connectivity index (χ4n) is 1.86. The Morgan fingerprint density at radius 1 is 1.33 bits per heavy atom. The average Bonchev–Trinajstić information content (AvgIpc) is 2.93. The van der Waals surface area contributed by atoms with Crippen LogP contribution in [-0.2, 0) is 14.3 Å². The van der Waals surface area contributed by atoms with Crippen molar-refractivity contribution in [2.45, 2.75) is 40.4 Å². The molecule has 0 saturated heterocycles. The average molecular weight is 214 g/mol. The minimum absolute atomic E-state index is 0.139. The SMILES string of the molecule is CCOC(OCC)C(C)C(=O)C1CC1C. The molecule has 0 aliphatic heterocycles. The maximum atomic E-state index is 11.9. The highest BCUT2D eigenvalue weighted by atomic mass is 16.7. The molecule has 1 aliphatic carbocycles. The van der Waals surface area contributed by atoms with Gasteiger partial charge >= 0.3 is 0 Å². The molecule has 0 aromatic carbocycles. The van der Waals surface area contributed by atoms with E-state index in [0.29, 0.717) is 24.9 Å². The van der Waals surface area contributed by atoms with Gasteiger partial charge in [0.25, 0.3) is 0 Å². The van der Waals surface area contributed by atoms with E-state index in [1.807, 2.05) is 20.8 Å². The van der Waals surface area contributed by atoms with E-state index < -0.39 is 0 Å². The monoisotopic (exact) mass is 214 g/mol. The Bertz CT molecular complexity index is 209. The van der Waals surface area contributed by atoms with Crippen LogP contribution in [0, 0.1) is 17.8 Å². The lowest BCUT2D eigenvalue weighted by Crippen LogP contribution is -2.32. The van der Waals surface area contributed by atoms with Crippen LogP contribution in [0.15, 0.2) is 0 Å². The Hall–Kier alpha value is -0.410. The van der Waals surface area contributed by atoms with E-state index in [9.17, 15) is 4.79 Å². The van der Waals surface area contributed by atoms with E-state index in [1.165, 1.54) is 0 Å². The van der Waals surface area contributed by atoms with Crippen molar-refractivity contribution in [3.05, 3.63) is 0 Å². The summed E-state index contributed by atoms with van der Waals surface area (Å²) < 4.78 is 10.9. The molecule has 0 aromatic rings. The molecule has 1 fully saturated rings. The molecule has 0 radical (unpaired) electrons. The van der Waals surface area contributed by atoms with E-state index >= 15 is 0 Å². The van der Waals surface area contributed by atoms with Crippen LogP contribution in [0.4, 0.5) is 0 Å². The van der Waals surface area contributed by atoms with Crippen LogP contribution in [0.5, 0.6) is 0 Å². The maximum absolute atomic E-state index is 11.9. The fourth-order valence-corrected chi connectivity index (χ4v) is 1.86. The van der Waals surface area contributed by atoms with Crippen LogP contribution in [-0.4, -0.2) is 25.3 Å². The minimum atomic E-state index is -0.361. The number of hydrogen-bond donors (Lipinski definition) is 0. The lowest BCUT2D eigenvalue weighted by Gasteiger charge is -2.22. The van der Waals surface area contributed by atoms with Gasteiger partial charge in [0.05, 0.1) is 5.92 Å². The lowest BCUT2D eigenvalue weighted by molar-refractivity contribution is -0.172. The first kappa shape index (κ1) is 12.7. The molecule has 0 N–H and O–H groups in total. The van der Waals surface area contributed by atoms with Crippen LogP contribution in [0.25, 0.3) is 0 Å². The minimum Gasteiger partial charge on any atom is -0.352 e. The third-order valence-electron chi connectivity index (χ3n) is 2.99. The van der Waals surface area contributed by atoms with Crippen molar-refractivity contribution in [1.82, 2.24) is 0 Å². The van der Waals surface area contributed by atoms with Crippen molar-refractivity contribution in [2.24, 2.45) is 17.8 Å². The van der Waals surface area contributed by atoms with Crippen molar-refractivity contribution in [2.75, 3.05) is 13.2 Å². The predicted molar refractivity (Wildman–Crippen MR) is 58.5 cm³/mol. The highest BCUT2D eigenvalue weighted by Gasteiger charge is 2.43. The van der Waals surface area contributed by atoms with Gasteiger partial charge in [0.1, 0.15) is 5.78 Å². The van der Waals surface area contributed by atoms with Crippen LogP contribution < -0.4 is 0 Å². The van der Waals surface area contributed by atoms with Crippen LogP contribution in [0.2, 0.25) is 0 Å². The smallest absolute Gasteiger partial charge is 0.166 e. The zero-order chi connectivity index (χ0) is 11.4. The number of carbonyl (C=O) groups excluding carboxylic acids is 1. The molecule has 1 saturated carbocycles. The molecule has 0 amide bonds. The van der Waals surface area contributed by atoms with E-state index in [-0.39, 0.29) is 18.1 Å². The van der Waals surface area contributed by atoms with Crippen molar-refractivity contribution in [3.8, 4) is 0 Å². The van der Waals surface area contributed by atoms with Gasteiger partial charge in [-0.05, 0) is 26.2 Å². The Kier molecular flexibility index (Phi) is 4.74. The second kappa shape index (κ2) is 5.61. The molecule has 88 valence electrons. The lowest BCUT2D eigenvalue weighted by atomic mass is 10.0. The summed E-state index contributed by atoms with van der Waals surface area (Å²) in [6, 6.07) is 0. The Morgan fingerprint density at radius 2 is 1.80 bits per heavy atom. The number of hydrogen-bond acceptors (Lipinski definition) is 3. The van der Waals surface area contributed by atoms with E-state index in [4.69, 9.17) is 9.47 Å². The Morgan fingerprint density at radius 3 is 2.13 bits per heavy atom. The second-order valence-electron chi connectivity index (χ2n) is 4.29. The summed E-state index contributed by atoms with van der Waals surface area (Å²) in [6.07, 6.45) is 0.675. The van der Waals surface area contributed by atoms with Gasteiger partial charge in [0.2, 0.25) is 0 Å². The van der Waals surface area contributed by atoms with Crippen molar-refractivity contribution in [1.29, 1.82) is 0 Å². The predicted octanol–water partition coefficient (Wildman–Crippen LogP) is 2.25. The first-order valence-corrected chi connectivity index (χ1v) is 5.88.